The summed E-state index contributed by atoms with van der Waals surface area (Å²) in [7, 11) is 1.36. The predicted molar refractivity (Wildman–Crippen MR) is 148 cm³/mol. The van der Waals surface area contributed by atoms with Crippen molar-refractivity contribution in [2.24, 2.45) is 11.8 Å². The van der Waals surface area contributed by atoms with Crippen LogP contribution in [-0.2, 0) is 27.2 Å². The van der Waals surface area contributed by atoms with E-state index < -0.39 is 5.97 Å². The molecule has 1 aromatic carbocycles. The van der Waals surface area contributed by atoms with Crippen LogP contribution in [0.5, 0.6) is 0 Å². The lowest BCUT2D eigenvalue weighted by Gasteiger charge is -2.18. The number of carbonyl (C=O) groups excluding carboxylic acids is 2. The van der Waals surface area contributed by atoms with Crippen LogP contribution in [0.1, 0.15) is 48.2 Å². The molecule has 2 aliphatic rings. The zero-order valence-electron chi connectivity index (χ0n) is 21.9. The lowest BCUT2D eigenvalue weighted by Crippen LogP contribution is -2.24. The van der Waals surface area contributed by atoms with Crippen LogP contribution in [0.2, 0.25) is 0 Å². The Morgan fingerprint density at radius 2 is 2.05 bits per heavy atom. The topological polar surface area (TPSA) is 94.5 Å². The summed E-state index contributed by atoms with van der Waals surface area (Å²) in [6.45, 7) is 2.36. The van der Waals surface area contributed by atoms with Crippen molar-refractivity contribution in [2.75, 3.05) is 37.5 Å². The molecule has 8 nitrogen and oxygen atoms in total. The Bertz CT molecular complexity index is 1290. The Morgan fingerprint density at radius 3 is 2.79 bits per heavy atom. The molecule has 0 spiro atoms. The average molecular weight is 517 g/mol. The Hall–Kier alpha value is -3.65. The number of esters is 1. The largest absolute Gasteiger partial charge is 0.464 e. The molecule has 2 N–H and O–H groups in total. The summed E-state index contributed by atoms with van der Waals surface area (Å²) >= 11 is 0. The van der Waals surface area contributed by atoms with Gasteiger partial charge in [-0.25, -0.2) is 9.78 Å². The van der Waals surface area contributed by atoms with Crippen LogP contribution in [0.4, 0.5) is 11.4 Å². The number of anilines is 2. The van der Waals surface area contributed by atoms with E-state index in [4.69, 9.17) is 14.5 Å². The van der Waals surface area contributed by atoms with Crippen LogP contribution < -0.4 is 10.6 Å². The minimum absolute atomic E-state index is 0.150. The maximum atomic E-state index is 13.2. The highest BCUT2D eigenvalue weighted by Crippen LogP contribution is 2.34. The molecule has 1 saturated heterocycles. The lowest BCUT2D eigenvalue weighted by atomic mass is 9.94. The van der Waals surface area contributed by atoms with Crippen molar-refractivity contribution in [1.29, 1.82) is 0 Å². The zero-order chi connectivity index (χ0) is 26.3. The molecule has 0 saturated carbocycles. The number of carbonyl (C=O) groups is 2. The third-order valence-electron chi connectivity index (χ3n) is 7.49. The smallest absolute Gasteiger partial charge is 0.356 e. The van der Waals surface area contributed by atoms with E-state index in [1.807, 2.05) is 35.0 Å². The molecule has 1 aliphatic carbocycles. The Balaban J connectivity index is 1.47. The molecule has 1 amide bonds. The number of aromatic nitrogens is 2. The van der Waals surface area contributed by atoms with Gasteiger partial charge in [0, 0.05) is 25.1 Å². The van der Waals surface area contributed by atoms with E-state index in [-0.39, 0.29) is 11.8 Å². The van der Waals surface area contributed by atoms with Crippen LogP contribution >= 0.6 is 0 Å². The number of hydrogen-bond donors (Lipinski definition) is 2. The number of fused-ring (bicyclic) bond motifs is 1. The van der Waals surface area contributed by atoms with Gasteiger partial charge in [-0.3, -0.25) is 4.79 Å². The monoisotopic (exact) mass is 516 g/mol. The van der Waals surface area contributed by atoms with E-state index in [2.05, 4.69) is 34.9 Å². The minimum Gasteiger partial charge on any atom is -0.464 e. The van der Waals surface area contributed by atoms with E-state index in [1.54, 1.807) is 0 Å². The van der Waals surface area contributed by atoms with Crippen molar-refractivity contribution in [3.8, 4) is 0 Å². The van der Waals surface area contributed by atoms with Crippen molar-refractivity contribution in [3.05, 3.63) is 66.0 Å². The van der Waals surface area contributed by atoms with Crippen LogP contribution in [0.25, 0.3) is 11.0 Å². The first-order valence-corrected chi connectivity index (χ1v) is 13.6. The van der Waals surface area contributed by atoms with Gasteiger partial charge in [-0.15, -0.1) is 0 Å². The van der Waals surface area contributed by atoms with Crippen molar-refractivity contribution in [2.45, 2.75) is 45.1 Å². The van der Waals surface area contributed by atoms with E-state index in [9.17, 15) is 9.59 Å². The number of hydrogen-bond acceptors (Lipinski definition) is 6. The molecule has 0 bridgehead atoms. The van der Waals surface area contributed by atoms with Crippen LogP contribution in [0.3, 0.4) is 0 Å². The summed E-state index contributed by atoms with van der Waals surface area (Å²) in [4.78, 5) is 31.0. The first kappa shape index (κ1) is 26.0. The highest BCUT2D eigenvalue weighted by Gasteiger charge is 2.30. The number of rotatable bonds is 10. The lowest BCUT2D eigenvalue weighted by molar-refractivity contribution is -0.119. The van der Waals surface area contributed by atoms with Crippen LogP contribution in [0.15, 0.2) is 54.7 Å². The maximum Gasteiger partial charge on any atom is 0.356 e. The first-order chi connectivity index (χ1) is 18.6. The number of ether oxygens (including phenoxy) is 2. The summed E-state index contributed by atoms with van der Waals surface area (Å²) in [6, 6.07) is 12.2. The molecule has 1 aliphatic heterocycles. The van der Waals surface area contributed by atoms with Gasteiger partial charge in [-0.05, 0) is 56.1 Å². The molecule has 200 valence electrons. The van der Waals surface area contributed by atoms with Gasteiger partial charge in [0.1, 0.15) is 5.65 Å². The van der Waals surface area contributed by atoms with Crippen LogP contribution in [-0.4, -0.2) is 48.3 Å². The van der Waals surface area contributed by atoms with Crippen molar-refractivity contribution in [1.82, 2.24) is 9.55 Å². The summed E-state index contributed by atoms with van der Waals surface area (Å²) < 4.78 is 12.5. The molecule has 5 rings (SSSR count). The Labute approximate surface area is 223 Å². The molecule has 2 atom stereocenters. The van der Waals surface area contributed by atoms with Gasteiger partial charge in [0.2, 0.25) is 5.91 Å². The molecule has 3 heterocycles. The normalized spacial score (nSPS) is 19.0. The second kappa shape index (κ2) is 12.3. The van der Waals surface area contributed by atoms with Crippen molar-refractivity contribution < 1.29 is 19.1 Å². The number of amides is 1. The number of pyridine rings is 1. The van der Waals surface area contributed by atoms with Gasteiger partial charge >= 0.3 is 5.97 Å². The predicted octanol–water partition coefficient (Wildman–Crippen LogP) is 5.20. The molecule has 8 heteroatoms. The standard InChI is InChI=1S/C30H36N4O4/c1-37-30(36)27-26(33-29(35)23-14-16-38-20-23)25-17-24(31-18-22-11-6-3-7-12-22)19-32-28(25)34(27)15-8-13-21-9-4-2-5-10-21/h2-6,9-10,17,19,22-23,31H,7-8,11-16,18,20H2,1H3,(H,33,35)/t22-,23-/m1/s1. The second-order valence-corrected chi connectivity index (χ2v) is 10.1. The highest BCUT2D eigenvalue weighted by molar-refractivity contribution is 6.11. The minimum atomic E-state index is -0.496. The van der Waals surface area contributed by atoms with E-state index >= 15 is 0 Å². The van der Waals surface area contributed by atoms with Gasteiger partial charge in [-0.1, -0.05) is 42.5 Å². The molecule has 3 aromatic rings. The van der Waals surface area contributed by atoms with Crippen molar-refractivity contribution >= 4 is 34.3 Å². The van der Waals surface area contributed by atoms with Gasteiger partial charge in [0.05, 0.1) is 37.2 Å². The second-order valence-electron chi connectivity index (χ2n) is 10.1. The fourth-order valence-electron chi connectivity index (χ4n) is 5.33. The highest BCUT2D eigenvalue weighted by atomic mass is 16.5. The molecular weight excluding hydrogens is 480 g/mol. The number of methoxy groups -OCH3 is 1. The molecule has 38 heavy (non-hydrogen) atoms. The van der Waals surface area contributed by atoms with Gasteiger partial charge in [0.25, 0.3) is 0 Å². The molecular formula is C30H36N4O4. The van der Waals surface area contributed by atoms with Gasteiger partial charge in [-0.2, -0.15) is 0 Å². The summed E-state index contributed by atoms with van der Waals surface area (Å²) in [5, 5.41) is 7.31. The summed E-state index contributed by atoms with van der Waals surface area (Å²) in [6.07, 6.45) is 12.0. The number of nitrogens with zero attached hydrogens (tertiary/aromatic N) is 2. The molecule has 0 unspecified atom stereocenters. The van der Waals surface area contributed by atoms with Gasteiger partial charge < -0.3 is 24.7 Å². The Morgan fingerprint density at radius 1 is 1.18 bits per heavy atom. The number of allylic oxidation sites excluding steroid dienone is 2. The third-order valence-corrected chi connectivity index (χ3v) is 7.49. The van der Waals surface area contributed by atoms with Crippen molar-refractivity contribution in [3.63, 3.8) is 0 Å². The maximum absolute atomic E-state index is 13.2. The van der Waals surface area contributed by atoms with Gasteiger partial charge in [0.15, 0.2) is 5.69 Å². The summed E-state index contributed by atoms with van der Waals surface area (Å²) in [5.41, 5.74) is 3.53. The summed E-state index contributed by atoms with van der Waals surface area (Å²) in [5.74, 6) is -0.316. The van der Waals surface area contributed by atoms with E-state index in [0.29, 0.717) is 49.1 Å². The first-order valence-electron chi connectivity index (χ1n) is 13.6. The number of nitrogens with one attached hydrogen (secondary N) is 2. The van der Waals surface area contributed by atoms with E-state index in [1.165, 1.54) is 12.7 Å². The quantitative estimate of drug-likeness (QED) is 0.284. The fourth-order valence-corrected chi connectivity index (χ4v) is 5.33. The SMILES string of the molecule is COC(=O)c1c(NC(=O)[C@@H]2CCOC2)c2cc(NC[C@@H]3CC=CCC3)cnc2n1CCCc1ccccc1. The number of benzene rings is 1. The van der Waals surface area contributed by atoms with Crippen LogP contribution in [0, 0.1) is 11.8 Å². The molecule has 0 radical (unpaired) electrons. The molecule has 1 fully saturated rings. The number of aryl methyl sites for hydroxylation is 2. The fraction of sp³-hybridized carbons (Fsp3) is 0.433. The Kier molecular flexibility index (Phi) is 8.38. The molecule has 2 aromatic heterocycles. The van der Waals surface area contributed by atoms with E-state index in [0.717, 1.165) is 49.7 Å². The zero-order valence-corrected chi connectivity index (χ0v) is 21.9. The third kappa shape index (κ3) is 5.91. The average Bonchev–Trinajstić information content (AvgIpc) is 3.60.